The van der Waals surface area contributed by atoms with Crippen molar-refractivity contribution in [1.29, 1.82) is 0 Å². The summed E-state index contributed by atoms with van der Waals surface area (Å²) in [6.45, 7) is 2.09. The number of nitrogens with zero attached hydrogens (tertiary/aromatic N) is 2. The molecule has 7 nitrogen and oxygen atoms in total. The molecule has 0 bridgehead atoms. The lowest BCUT2D eigenvalue weighted by Crippen LogP contribution is -2.40. The Hall–Kier alpha value is -2.09. The highest BCUT2D eigenvalue weighted by atomic mass is 32.2. The lowest BCUT2D eigenvalue weighted by molar-refractivity contribution is -0.134. The van der Waals surface area contributed by atoms with E-state index in [1.807, 2.05) is 24.3 Å². The maximum Gasteiger partial charge on any atom is 0.224 e. The molecule has 0 N–H and O–H groups in total. The molecule has 0 aliphatic carbocycles. The van der Waals surface area contributed by atoms with E-state index in [4.69, 9.17) is 4.74 Å². The average Bonchev–Trinajstić information content (AvgIpc) is 2.97. The van der Waals surface area contributed by atoms with Crippen LogP contribution in [0.5, 0.6) is 5.75 Å². The highest BCUT2D eigenvalue weighted by Crippen LogP contribution is 2.20. The number of benzene rings is 1. The van der Waals surface area contributed by atoms with Crippen LogP contribution in [-0.4, -0.2) is 68.3 Å². The molecule has 1 aromatic rings. The molecule has 144 valence electrons. The number of sulfone groups is 1. The maximum absolute atomic E-state index is 12.4. The minimum Gasteiger partial charge on any atom is -0.496 e. The number of hydrogen-bond acceptors (Lipinski definition) is 5. The summed E-state index contributed by atoms with van der Waals surface area (Å²) in [4.78, 5) is 27.5. The van der Waals surface area contributed by atoms with Crippen LogP contribution >= 0.6 is 0 Å². The highest BCUT2D eigenvalue weighted by molar-refractivity contribution is 7.91. The van der Waals surface area contributed by atoms with E-state index in [1.54, 1.807) is 19.1 Å². The molecule has 0 spiro atoms. The van der Waals surface area contributed by atoms with Gasteiger partial charge in [0, 0.05) is 45.1 Å². The summed E-state index contributed by atoms with van der Waals surface area (Å²) in [6, 6.07) is 7.16. The fourth-order valence-electron chi connectivity index (χ4n) is 3.08. The van der Waals surface area contributed by atoms with Crippen molar-refractivity contribution in [2.75, 3.05) is 32.2 Å². The summed E-state index contributed by atoms with van der Waals surface area (Å²) in [5, 5.41) is 0. The molecule has 0 radical (unpaired) electrons. The molecule has 0 aromatic heterocycles. The summed E-state index contributed by atoms with van der Waals surface area (Å²) < 4.78 is 28.5. The van der Waals surface area contributed by atoms with Gasteiger partial charge in [0.25, 0.3) is 0 Å². The van der Waals surface area contributed by atoms with Crippen LogP contribution in [-0.2, 0) is 26.0 Å². The summed E-state index contributed by atoms with van der Waals surface area (Å²) in [5.74, 6) is 0.557. The Bertz CT molecular complexity index is 763. The van der Waals surface area contributed by atoms with Crippen LogP contribution in [0.2, 0.25) is 0 Å². The second-order valence-corrected chi connectivity index (χ2v) is 8.79. The van der Waals surface area contributed by atoms with Gasteiger partial charge >= 0.3 is 0 Å². The molecular weight excluding hydrogens is 356 g/mol. The van der Waals surface area contributed by atoms with Gasteiger partial charge < -0.3 is 14.5 Å². The van der Waals surface area contributed by atoms with E-state index in [1.165, 1.54) is 11.8 Å². The van der Waals surface area contributed by atoms with Crippen molar-refractivity contribution >= 4 is 21.7 Å². The number of methoxy groups -OCH3 is 1. The quantitative estimate of drug-likeness (QED) is 0.705. The third kappa shape index (κ3) is 5.20. The molecule has 1 heterocycles. The first kappa shape index (κ1) is 20.2. The van der Waals surface area contributed by atoms with Crippen LogP contribution in [0, 0.1) is 0 Å². The van der Waals surface area contributed by atoms with Crippen molar-refractivity contribution in [2.24, 2.45) is 0 Å². The van der Waals surface area contributed by atoms with Crippen molar-refractivity contribution in [1.82, 2.24) is 9.80 Å². The van der Waals surface area contributed by atoms with E-state index in [0.717, 1.165) is 5.56 Å². The normalized spacial score (nSPS) is 18.3. The molecule has 8 heteroatoms. The van der Waals surface area contributed by atoms with Gasteiger partial charge in [0.2, 0.25) is 11.8 Å². The van der Waals surface area contributed by atoms with Crippen LogP contribution < -0.4 is 4.74 Å². The van der Waals surface area contributed by atoms with E-state index in [0.29, 0.717) is 18.7 Å². The van der Waals surface area contributed by atoms with Crippen LogP contribution in [0.3, 0.4) is 0 Å². The average molecular weight is 382 g/mol. The van der Waals surface area contributed by atoms with Crippen LogP contribution in [0.25, 0.3) is 0 Å². The zero-order valence-corrected chi connectivity index (χ0v) is 16.3. The molecule has 1 aliphatic rings. The lowest BCUT2D eigenvalue weighted by Gasteiger charge is -2.26. The number of ether oxygens (including phenoxy) is 1. The molecule has 1 aliphatic heterocycles. The van der Waals surface area contributed by atoms with E-state index in [9.17, 15) is 18.0 Å². The fraction of sp³-hybridized carbons (Fsp3) is 0.556. The van der Waals surface area contributed by atoms with Gasteiger partial charge in [-0.1, -0.05) is 18.2 Å². The summed E-state index contributed by atoms with van der Waals surface area (Å²) >= 11 is 0. The van der Waals surface area contributed by atoms with Gasteiger partial charge in [-0.2, -0.15) is 0 Å². The second kappa shape index (κ2) is 8.53. The van der Waals surface area contributed by atoms with Gasteiger partial charge in [-0.15, -0.1) is 0 Å². The Kier molecular flexibility index (Phi) is 6.63. The van der Waals surface area contributed by atoms with E-state index in [2.05, 4.69) is 0 Å². The zero-order valence-electron chi connectivity index (χ0n) is 15.5. The number of carbonyl (C=O) groups excluding carboxylic acids is 2. The number of amides is 2. The first-order valence-electron chi connectivity index (χ1n) is 8.57. The lowest BCUT2D eigenvalue weighted by atomic mass is 10.1. The molecule has 1 aromatic carbocycles. The molecule has 1 fully saturated rings. The molecule has 1 saturated heterocycles. The standard InChI is InChI=1S/C18H26N2O5S/c1-14(21)20(12-15-6-4-5-7-17(15)25-3)10-8-18(22)19(2)16-9-11-26(23,24)13-16/h4-7,16H,8-13H2,1-3H3. The molecule has 1 atom stereocenters. The molecule has 26 heavy (non-hydrogen) atoms. The second-order valence-electron chi connectivity index (χ2n) is 6.56. The topological polar surface area (TPSA) is 84.0 Å². The number of carbonyl (C=O) groups is 2. The number of rotatable bonds is 7. The Labute approximate surface area is 154 Å². The Morgan fingerprint density at radius 2 is 1.96 bits per heavy atom. The Morgan fingerprint density at radius 3 is 2.54 bits per heavy atom. The van der Waals surface area contributed by atoms with Crippen molar-refractivity contribution in [2.45, 2.75) is 32.4 Å². The molecule has 0 saturated carbocycles. The first-order chi connectivity index (χ1) is 12.2. The van der Waals surface area contributed by atoms with E-state index >= 15 is 0 Å². The fourth-order valence-corrected chi connectivity index (χ4v) is 4.85. The van der Waals surface area contributed by atoms with Crippen molar-refractivity contribution in [3.05, 3.63) is 29.8 Å². The summed E-state index contributed by atoms with van der Waals surface area (Å²) in [5.41, 5.74) is 0.868. The number of hydrogen-bond donors (Lipinski definition) is 0. The van der Waals surface area contributed by atoms with Crippen molar-refractivity contribution in [3.8, 4) is 5.75 Å². The SMILES string of the molecule is COc1ccccc1CN(CCC(=O)N(C)C1CCS(=O)(=O)C1)C(C)=O. The monoisotopic (exact) mass is 382 g/mol. The minimum atomic E-state index is -3.04. The summed E-state index contributed by atoms with van der Waals surface area (Å²) in [7, 11) is 0.166. The van der Waals surface area contributed by atoms with Gasteiger partial charge in [-0.05, 0) is 12.5 Å². The van der Waals surface area contributed by atoms with Gasteiger partial charge in [-0.3, -0.25) is 9.59 Å². The molecular formula is C18H26N2O5S. The van der Waals surface area contributed by atoms with Crippen LogP contribution in [0.15, 0.2) is 24.3 Å². The van der Waals surface area contributed by atoms with E-state index < -0.39 is 9.84 Å². The predicted molar refractivity (Wildman–Crippen MR) is 98.5 cm³/mol. The van der Waals surface area contributed by atoms with Gasteiger partial charge in [0.05, 0.1) is 18.6 Å². The van der Waals surface area contributed by atoms with Gasteiger partial charge in [0.15, 0.2) is 9.84 Å². The van der Waals surface area contributed by atoms with Crippen molar-refractivity contribution in [3.63, 3.8) is 0 Å². The van der Waals surface area contributed by atoms with Gasteiger partial charge in [-0.25, -0.2) is 8.42 Å². The minimum absolute atomic E-state index is 0.0207. The maximum atomic E-state index is 12.4. The van der Waals surface area contributed by atoms with Gasteiger partial charge in [0.1, 0.15) is 5.75 Å². The summed E-state index contributed by atoms with van der Waals surface area (Å²) in [6.07, 6.45) is 0.629. The zero-order chi connectivity index (χ0) is 19.3. The molecule has 1 unspecified atom stereocenters. The molecule has 2 amide bonds. The first-order valence-corrected chi connectivity index (χ1v) is 10.4. The highest BCUT2D eigenvalue weighted by Gasteiger charge is 2.32. The smallest absolute Gasteiger partial charge is 0.224 e. The van der Waals surface area contributed by atoms with Crippen LogP contribution in [0.1, 0.15) is 25.3 Å². The van der Waals surface area contributed by atoms with E-state index in [-0.39, 0.29) is 42.3 Å². The largest absolute Gasteiger partial charge is 0.496 e. The van der Waals surface area contributed by atoms with Crippen molar-refractivity contribution < 1.29 is 22.7 Å². The number of para-hydroxylation sites is 1. The third-order valence-corrected chi connectivity index (χ3v) is 6.49. The van der Waals surface area contributed by atoms with Crippen LogP contribution in [0.4, 0.5) is 0 Å². The predicted octanol–water partition coefficient (Wildman–Crippen LogP) is 1.08. The third-order valence-electron chi connectivity index (χ3n) is 4.74. The Balaban J connectivity index is 1.96. The molecule has 2 rings (SSSR count). The Morgan fingerprint density at radius 1 is 1.27 bits per heavy atom.